The first kappa shape index (κ1) is 12.7. The molecule has 0 bridgehead atoms. The molecular formula is C12H17O4-. The molecule has 1 aliphatic carbocycles. The molecule has 0 spiro atoms. The zero-order chi connectivity index (χ0) is 11.8. The zero-order valence-corrected chi connectivity index (χ0v) is 9.31. The summed E-state index contributed by atoms with van der Waals surface area (Å²) in [5.74, 6) is -1.64. The number of carbonyl (C=O) groups excluding carboxylic acids is 2. The largest absolute Gasteiger partial charge is 0.550 e. The summed E-state index contributed by atoms with van der Waals surface area (Å²) in [6.45, 7) is 0. The molecule has 0 aromatic carbocycles. The number of rotatable bonds is 4. The molecule has 0 aromatic heterocycles. The van der Waals surface area contributed by atoms with E-state index in [9.17, 15) is 14.7 Å². The van der Waals surface area contributed by atoms with Crippen LogP contribution < -0.4 is 5.11 Å². The van der Waals surface area contributed by atoms with Crippen molar-refractivity contribution in [2.24, 2.45) is 0 Å². The van der Waals surface area contributed by atoms with Crippen LogP contribution in [-0.4, -0.2) is 18.0 Å². The third-order valence-corrected chi connectivity index (χ3v) is 2.55. The predicted molar refractivity (Wildman–Crippen MR) is 56.3 cm³/mol. The van der Waals surface area contributed by atoms with E-state index in [4.69, 9.17) is 4.74 Å². The molecule has 90 valence electrons. The van der Waals surface area contributed by atoms with Gasteiger partial charge in [0, 0.05) is 5.97 Å². The van der Waals surface area contributed by atoms with Gasteiger partial charge in [0.25, 0.3) is 0 Å². The Balaban J connectivity index is 2.26. The minimum Gasteiger partial charge on any atom is -0.550 e. The van der Waals surface area contributed by atoms with Crippen molar-refractivity contribution in [2.45, 2.75) is 51.0 Å². The fourth-order valence-electron chi connectivity index (χ4n) is 1.69. The molecule has 4 nitrogen and oxygen atoms in total. The van der Waals surface area contributed by atoms with E-state index >= 15 is 0 Å². The van der Waals surface area contributed by atoms with Gasteiger partial charge in [0.05, 0.1) is 6.42 Å². The maximum Gasteiger partial charge on any atom is 0.306 e. The standard InChI is InChI=1S/C12H18O4/c13-11(14)8-9-12(15)16-10-6-4-2-1-3-5-7-10/h1-2,10H,3-9H2,(H,13,14)/p-1. The molecule has 16 heavy (non-hydrogen) atoms. The van der Waals surface area contributed by atoms with Crippen molar-refractivity contribution in [2.75, 3.05) is 0 Å². The SMILES string of the molecule is O=C([O-])CCC(=O)OC1CCC=CCCC1. The summed E-state index contributed by atoms with van der Waals surface area (Å²) < 4.78 is 5.21. The van der Waals surface area contributed by atoms with E-state index < -0.39 is 11.9 Å². The Morgan fingerprint density at radius 3 is 2.69 bits per heavy atom. The maximum absolute atomic E-state index is 11.3. The van der Waals surface area contributed by atoms with E-state index in [0.717, 1.165) is 32.1 Å². The molecule has 4 heteroatoms. The first-order valence-corrected chi connectivity index (χ1v) is 5.73. The topological polar surface area (TPSA) is 66.4 Å². The number of carboxylic acid groups (broad SMARTS) is 1. The lowest BCUT2D eigenvalue weighted by Gasteiger charge is -2.18. The van der Waals surface area contributed by atoms with E-state index in [2.05, 4.69) is 12.2 Å². The number of ether oxygens (including phenoxy) is 1. The highest BCUT2D eigenvalue weighted by atomic mass is 16.5. The summed E-state index contributed by atoms with van der Waals surface area (Å²) in [6.07, 6.45) is 8.48. The maximum atomic E-state index is 11.3. The highest BCUT2D eigenvalue weighted by Gasteiger charge is 2.14. The molecule has 1 rings (SSSR count). The smallest absolute Gasteiger partial charge is 0.306 e. The quantitative estimate of drug-likeness (QED) is 0.527. The molecule has 1 atom stereocenters. The summed E-state index contributed by atoms with van der Waals surface area (Å²) in [7, 11) is 0. The second-order valence-corrected chi connectivity index (χ2v) is 3.96. The first-order valence-electron chi connectivity index (χ1n) is 5.73. The Kier molecular flexibility index (Phi) is 5.61. The van der Waals surface area contributed by atoms with Gasteiger partial charge < -0.3 is 14.6 Å². The summed E-state index contributed by atoms with van der Waals surface area (Å²) in [6, 6.07) is 0. The molecule has 0 heterocycles. The Morgan fingerprint density at radius 1 is 1.19 bits per heavy atom. The lowest BCUT2D eigenvalue weighted by molar-refractivity contribution is -0.305. The molecule has 0 saturated carbocycles. The number of esters is 1. The molecule has 0 N–H and O–H groups in total. The van der Waals surface area contributed by atoms with Gasteiger partial charge in [0.1, 0.15) is 6.10 Å². The van der Waals surface area contributed by atoms with Gasteiger partial charge in [-0.1, -0.05) is 12.2 Å². The second kappa shape index (κ2) is 7.04. The van der Waals surface area contributed by atoms with E-state index in [1.165, 1.54) is 0 Å². The van der Waals surface area contributed by atoms with E-state index in [1.54, 1.807) is 0 Å². The summed E-state index contributed by atoms with van der Waals surface area (Å²) >= 11 is 0. The average Bonchev–Trinajstić information content (AvgIpc) is 2.19. The number of aliphatic carboxylic acids is 1. The number of hydrogen-bond acceptors (Lipinski definition) is 4. The molecule has 0 saturated heterocycles. The fraction of sp³-hybridized carbons (Fsp3) is 0.667. The number of carbonyl (C=O) groups is 2. The van der Waals surface area contributed by atoms with Crippen LogP contribution in [0.2, 0.25) is 0 Å². The molecular weight excluding hydrogens is 208 g/mol. The number of allylic oxidation sites excluding steroid dienone is 2. The van der Waals surface area contributed by atoms with Crippen molar-refractivity contribution in [3.63, 3.8) is 0 Å². The second-order valence-electron chi connectivity index (χ2n) is 3.96. The molecule has 0 aromatic rings. The Labute approximate surface area is 95.3 Å². The van der Waals surface area contributed by atoms with E-state index in [1.807, 2.05) is 0 Å². The fourth-order valence-corrected chi connectivity index (χ4v) is 1.69. The molecule has 0 aliphatic heterocycles. The third-order valence-electron chi connectivity index (χ3n) is 2.55. The zero-order valence-electron chi connectivity index (χ0n) is 9.31. The third kappa shape index (κ3) is 5.53. The number of carboxylic acids is 1. The predicted octanol–water partition coefficient (Wildman–Crippen LogP) is 0.949. The van der Waals surface area contributed by atoms with E-state index in [-0.39, 0.29) is 18.9 Å². The van der Waals surface area contributed by atoms with Crippen LogP contribution in [0.1, 0.15) is 44.9 Å². The normalized spacial score (nSPS) is 20.9. The van der Waals surface area contributed by atoms with Gasteiger partial charge in [-0.3, -0.25) is 4.79 Å². The van der Waals surface area contributed by atoms with Gasteiger partial charge in [-0.05, 0) is 38.5 Å². The highest BCUT2D eigenvalue weighted by Crippen LogP contribution is 2.16. The molecule has 1 unspecified atom stereocenters. The van der Waals surface area contributed by atoms with Crippen molar-refractivity contribution in [1.29, 1.82) is 0 Å². The lowest BCUT2D eigenvalue weighted by Crippen LogP contribution is -2.24. The van der Waals surface area contributed by atoms with Gasteiger partial charge in [-0.25, -0.2) is 0 Å². The van der Waals surface area contributed by atoms with Gasteiger partial charge >= 0.3 is 5.97 Å². The Morgan fingerprint density at radius 2 is 1.94 bits per heavy atom. The van der Waals surface area contributed by atoms with Crippen molar-refractivity contribution >= 4 is 11.9 Å². The van der Waals surface area contributed by atoms with Crippen molar-refractivity contribution in [1.82, 2.24) is 0 Å². The monoisotopic (exact) mass is 225 g/mol. The first-order chi connectivity index (χ1) is 7.68. The Bertz CT molecular complexity index is 270. The van der Waals surface area contributed by atoms with Crippen molar-refractivity contribution < 1.29 is 19.4 Å². The van der Waals surface area contributed by atoms with Crippen LogP contribution >= 0.6 is 0 Å². The van der Waals surface area contributed by atoms with Crippen molar-refractivity contribution in [3.05, 3.63) is 12.2 Å². The summed E-state index contributed by atoms with van der Waals surface area (Å²) in [5.41, 5.74) is 0. The lowest BCUT2D eigenvalue weighted by atomic mass is 10.0. The van der Waals surface area contributed by atoms with Crippen LogP contribution in [0, 0.1) is 0 Å². The van der Waals surface area contributed by atoms with Gasteiger partial charge in [0.15, 0.2) is 0 Å². The van der Waals surface area contributed by atoms with Gasteiger partial charge in [0.2, 0.25) is 0 Å². The summed E-state index contributed by atoms with van der Waals surface area (Å²) in [4.78, 5) is 21.5. The molecule has 0 fully saturated rings. The minimum absolute atomic E-state index is 0.0563. The van der Waals surface area contributed by atoms with Crippen LogP contribution in [-0.2, 0) is 14.3 Å². The molecule has 0 amide bonds. The van der Waals surface area contributed by atoms with Gasteiger partial charge in [-0.2, -0.15) is 0 Å². The van der Waals surface area contributed by atoms with Crippen LogP contribution in [0.25, 0.3) is 0 Å². The van der Waals surface area contributed by atoms with Crippen LogP contribution in [0.15, 0.2) is 12.2 Å². The molecule has 0 radical (unpaired) electrons. The van der Waals surface area contributed by atoms with Crippen molar-refractivity contribution in [3.8, 4) is 0 Å². The van der Waals surface area contributed by atoms with Gasteiger partial charge in [-0.15, -0.1) is 0 Å². The summed E-state index contributed by atoms with van der Waals surface area (Å²) in [5, 5.41) is 10.2. The van der Waals surface area contributed by atoms with Crippen LogP contribution in [0.3, 0.4) is 0 Å². The molecule has 1 aliphatic rings. The Hall–Kier alpha value is -1.32. The minimum atomic E-state index is -1.21. The average molecular weight is 225 g/mol. The van der Waals surface area contributed by atoms with Crippen LogP contribution in [0.4, 0.5) is 0 Å². The number of hydrogen-bond donors (Lipinski definition) is 0. The highest BCUT2D eigenvalue weighted by molar-refractivity contribution is 5.75. The van der Waals surface area contributed by atoms with Crippen LogP contribution in [0.5, 0.6) is 0 Å². The van der Waals surface area contributed by atoms with E-state index in [0.29, 0.717) is 0 Å².